The maximum absolute atomic E-state index is 12.4. The highest BCUT2D eigenvalue weighted by atomic mass is 32.2. The van der Waals surface area contributed by atoms with Crippen LogP contribution in [0.25, 0.3) is 0 Å². The number of aryl methyl sites for hydroxylation is 1. The Labute approximate surface area is 207 Å². The van der Waals surface area contributed by atoms with E-state index in [1.807, 2.05) is 38.3 Å². The summed E-state index contributed by atoms with van der Waals surface area (Å²) >= 11 is 3.26. The monoisotopic (exact) mass is 497 g/mol. The molecule has 0 unspecified atom stereocenters. The van der Waals surface area contributed by atoms with Crippen LogP contribution in [-0.2, 0) is 15.3 Å². The SMILES string of the molecule is CCN(CC)C(=O)c1ccc(NC(=O)COC(=O)c2ccc(SCc3csc(C)n3)cc2)cc1. The summed E-state index contributed by atoms with van der Waals surface area (Å²) in [5, 5.41) is 5.75. The number of aromatic nitrogens is 1. The van der Waals surface area contributed by atoms with Gasteiger partial charge in [0.25, 0.3) is 11.8 Å². The van der Waals surface area contributed by atoms with Crippen molar-refractivity contribution in [2.24, 2.45) is 0 Å². The lowest BCUT2D eigenvalue weighted by molar-refractivity contribution is -0.119. The van der Waals surface area contributed by atoms with Gasteiger partial charge in [-0.2, -0.15) is 0 Å². The molecule has 9 heteroatoms. The number of amides is 2. The minimum Gasteiger partial charge on any atom is -0.452 e. The Balaban J connectivity index is 1.45. The number of ether oxygens (including phenoxy) is 1. The number of benzene rings is 2. The van der Waals surface area contributed by atoms with E-state index in [1.165, 1.54) is 0 Å². The summed E-state index contributed by atoms with van der Waals surface area (Å²) in [7, 11) is 0. The van der Waals surface area contributed by atoms with Gasteiger partial charge in [-0.05, 0) is 69.3 Å². The Morgan fingerprint density at radius 3 is 2.24 bits per heavy atom. The molecule has 0 aliphatic heterocycles. The highest BCUT2D eigenvalue weighted by Gasteiger charge is 2.14. The molecule has 1 heterocycles. The van der Waals surface area contributed by atoms with Gasteiger partial charge >= 0.3 is 5.97 Å². The number of rotatable bonds is 10. The summed E-state index contributed by atoms with van der Waals surface area (Å²) < 4.78 is 5.13. The Kier molecular flexibility index (Phi) is 9.24. The predicted molar refractivity (Wildman–Crippen MR) is 135 cm³/mol. The second kappa shape index (κ2) is 12.3. The van der Waals surface area contributed by atoms with E-state index in [4.69, 9.17) is 4.74 Å². The van der Waals surface area contributed by atoms with Gasteiger partial charge in [0.2, 0.25) is 0 Å². The van der Waals surface area contributed by atoms with Gasteiger partial charge in [-0.15, -0.1) is 23.1 Å². The first-order valence-electron chi connectivity index (χ1n) is 10.9. The number of hydrogen-bond acceptors (Lipinski definition) is 7. The van der Waals surface area contributed by atoms with Crippen molar-refractivity contribution in [3.05, 3.63) is 75.7 Å². The van der Waals surface area contributed by atoms with Crippen LogP contribution in [0.4, 0.5) is 5.69 Å². The fourth-order valence-corrected chi connectivity index (χ4v) is 4.63. The number of anilines is 1. The zero-order valence-corrected chi connectivity index (χ0v) is 21.0. The van der Waals surface area contributed by atoms with Crippen LogP contribution in [0.3, 0.4) is 0 Å². The van der Waals surface area contributed by atoms with Gasteiger partial charge < -0.3 is 15.0 Å². The molecule has 3 rings (SSSR count). The maximum Gasteiger partial charge on any atom is 0.338 e. The molecular weight excluding hydrogens is 470 g/mol. The third kappa shape index (κ3) is 7.16. The molecule has 1 aromatic heterocycles. The molecule has 34 heavy (non-hydrogen) atoms. The number of esters is 1. The number of thioether (sulfide) groups is 1. The number of thiazole rings is 1. The Bertz CT molecular complexity index is 1120. The summed E-state index contributed by atoms with van der Waals surface area (Å²) in [6.45, 7) is 6.69. The van der Waals surface area contributed by atoms with Gasteiger partial charge in [0.15, 0.2) is 6.61 Å². The van der Waals surface area contributed by atoms with Gasteiger partial charge in [-0.25, -0.2) is 9.78 Å². The van der Waals surface area contributed by atoms with E-state index in [0.717, 1.165) is 21.3 Å². The summed E-state index contributed by atoms with van der Waals surface area (Å²) in [4.78, 5) is 44.0. The molecular formula is C25H27N3O4S2. The lowest BCUT2D eigenvalue weighted by atomic mass is 10.2. The van der Waals surface area contributed by atoms with Crippen molar-refractivity contribution in [3.63, 3.8) is 0 Å². The average Bonchev–Trinajstić information content (AvgIpc) is 3.27. The molecule has 2 amide bonds. The van der Waals surface area contributed by atoms with Crippen LogP contribution in [0.2, 0.25) is 0 Å². The van der Waals surface area contributed by atoms with Crippen molar-refractivity contribution in [2.45, 2.75) is 31.4 Å². The van der Waals surface area contributed by atoms with E-state index in [9.17, 15) is 14.4 Å². The molecule has 0 fully saturated rings. The predicted octanol–water partition coefficient (Wildman–Crippen LogP) is 5.02. The quantitative estimate of drug-likeness (QED) is 0.313. The lowest BCUT2D eigenvalue weighted by Gasteiger charge is -2.18. The van der Waals surface area contributed by atoms with Crippen LogP contribution in [0.1, 0.15) is 45.3 Å². The molecule has 0 radical (unpaired) electrons. The number of carbonyl (C=O) groups is 3. The largest absolute Gasteiger partial charge is 0.452 e. The zero-order valence-electron chi connectivity index (χ0n) is 19.4. The summed E-state index contributed by atoms with van der Waals surface area (Å²) in [5.41, 5.74) is 2.48. The molecule has 0 saturated carbocycles. The lowest BCUT2D eigenvalue weighted by Crippen LogP contribution is -2.30. The topological polar surface area (TPSA) is 88.6 Å². The number of carbonyl (C=O) groups excluding carboxylic acids is 3. The third-order valence-corrected chi connectivity index (χ3v) is 6.81. The smallest absolute Gasteiger partial charge is 0.338 e. The molecule has 0 aliphatic carbocycles. The number of nitrogens with one attached hydrogen (secondary N) is 1. The van der Waals surface area contributed by atoms with Crippen LogP contribution >= 0.6 is 23.1 Å². The number of hydrogen-bond donors (Lipinski definition) is 1. The van der Waals surface area contributed by atoms with Crippen LogP contribution in [0, 0.1) is 6.92 Å². The average molecular weight is 498 g/mol. The van der Waals surface area contributed by atoms with Crippen molar-refractivity contribution in [1.82, 2.24) is 9.88 Å². The van der Waals surface area contributed by atoms with Crippen molar-refractivity contribution < 1.29 is 19.1 Å². The molecule has 1 N–H and O–H groups in total. The molecule has 0 atom stereocenters. The van der Waals surface area contributed by atoms with E-state index in [0.29, 0.717) is 29.9 Å². The first-order valence-corrected chi connectivity index (χ1v) is 12.8. The summed E-state index contributed by atoms with van der Waals surface area (Å²) in [6.07, 6.45) is 0. The van der Waals surface area contributed by atoms with Crippen LogP contribution < -0.4 is 5.32 Å². The Morgan fingerprint density at radius 1 is 1.00 bits per heavy atom. The Hall–Kier alpha value is -3.17. The van der Waals surface area contributed by atoms with E-state index >= 15 is 0 Å². The van der Waals surface area contributed by atoms with E-state index < -0.39 is 18.5 Å². The normalized spacial score (nSPS) is 10.6. The fourth-order valence-electron chi connectivity index (χ4n) is 3.12. The van der Waals surface area contributed by atoms with E-state index in [2.05, 4.69) is 10.3 Å². The zero-order chi connectivity index (χ0) is 24.5. The fraction of sp³-hybridized carbons (Fsp3) is 0.280. The number of nitrogens with zero attached hydrogens (tertiary/aromatic N) is 2. The van der Waals surface area contributed by atoms with E-state index in [-0.39, 0.29) is 5.91 Å². The van der Waals surface area contributed by atoms with Crippen molar-refractivity contribution >= 4 is 46.6 Å². The molecule has 7 nitrogen and oxygen atoms in total. The first kappa shape index (κ1) is 25.5. The van der Waals surface area contributed by atoms with E-state index in [1.54, 1.807) is 64.4 Å². The maximum atomic E-state index is 12.4. The molecule has 0 spiro atoms. The van der Waals surface area contributed by atoms with Crippen molar-refractivity contribution in [3.8, 4) is 0 Å². The van der Waals surface area contributed by atoms with Gasteiger partial charge in [0, 0.05) is 40.4 Å². The second-order valence-electron chi connectivity index (χ2n) is 7.35. The molecule has 0 bridgehead atoms. The van der Waals surface area contributed by atoms with Crippen LogP contribution in [0.15, 0.2) is 58.8 Å². The van der Waals surface area contributed by atoms with Crippen LogP contribution in [-0.4, -0.2) is 47.4 Å². The minimum atomic E-state index is -0.568. The van der Waals surface area contributed by atoms with Gasteiger partial charge in [-0.3, -0.25) is 9.59 Å². The molecule has 3 aromatic rings. The summed E-state index contributed by atoms with van der Waals surface area (Å²) in [5.74, 6) is -0.317. The standard InChI is InChI=1S/C25H27N3O4S2/c1-4-28(5-2)24(30)18-6-10-20(11-7-18)27-23(29)14-32-25(31)19-8-12-22(13-9-19)34-16-21-15-33-17(3)26-21/h6-13,15H,4-5,14,16H2,1-3H3,(H,27,29). The Morgan fingerprint density at radius 2 is 1.65 bits per heavy atom. The van der Waals surface area contributed by atoms with Gasteiger partial charge in [0.1, 0.15) is 0 Å². The highest BCUT2D eigenvalue weighted by Crippen LogP contribution is 2.24. The first-order chi connectivity index (χ1) is 16.4. The van der Waals surface area contributed by atoms with Gasteiger partial charge in [0.05, 0.1) is 16.3 Å². The molecule has 178 valence electrons. The minimum absolute atomic E-state index is 0.0561. The second-order valence-corrected chi connectivity index (χ2v) is 9.46. The van der Waals surface area contributed by atoms with Gasteiger partial charge in [-0.1, -0.05) is 0 Å². The van der Waals surface area contributed by atoms with Crippen molar-refractivity contribution in [1.29, 1.82) is 0 Å². The van der Waals surface area contributed by atoms with Crippen molar-refractivity contribution in [2.75, 3.05) is 25.0 Å². The third-order valence-electron chi connectivity index (χ3n) is 4.94. The highest BCUT2D eigenvalue weighted by molar-refractivity contribution is 7.98. The summed E-state index contributed by atoms with van der Waals surface area (Å²) in [6, 6.07) is 13.7. The molecule has 0 saturated heterocycles. The molecule has 2 aromatic carbocycles. The van der Waals surface area contributed by atoms with Crippen LogP contribution in [0.5, 0.6) is 0 Å². The molecule has 0 aliphatic rings.